The highest BCUT2D eigenvalue weighted by Crippen LogP contribution is 2.34. The Balaban J connectivity index is 2.38. The smallest absolute Gasteiger partial charge is 0.223 e. The minimum absolute atomic E-state index is 0.204. The van der Waals surface area contributed by atoms with Crippen LogP contribution in [0.2, 0.25) is 5.28 Å². The van der Waals surface area contributed by atoms with Crippen LogP contribution in [0.4, 0.5) is 5.69 Å². The van der Waals surface area contributed by atoms with Crippen LogP contribution in [-0.2, 0) is 0 Å². The van der Waals surface area contributed by atoms with Crippen molar-refractivity contribution in [3.8, 4) is 0 Å². The molecule has 0 saturated heterocycles. The number of halogens is 1. The number of rotatable bonds is 2. The van der Waals surface area contributed by atoms with Gasteiger partial charge in [0.25, 0.3) is 0 Å². The number of anilines is 1. The van der Waals surface area contributed by atoms with Crippen LogP contribution in [-0.4, -0.2) is 9.97 Å². The fourth-order valence-electron chi connectivity index (χ4n) is 1.18. The Hall–Kier alpha value is -1.20. The zero-order valence-electron chi connectivity index (χ0n) is 8.82. The summed E-state index contributed by atoms with van der Waals surface area (Å²) in [5.41, 5.74) is 7.12. The van der Waals surface area contributed by atoms with Crippen LogP contribution in [0.5, 0.6) is 0 Å². The van der Waals surface area contributed by atoms with E-state index in [1.165, 1.54) is 11.8 Å². The van der Waals surface area contributed by atoms with Crippen molar-refractivity contribution in [2.75, 3.05) is 5.73 Å². The first-order valence-corrected chi connectivity index (χ1v) is 5.79. The van der Waals surface area contributed by atoms with Crippen molar-refractivity contribution in [2.45, 2.75) is 23.8 Å². The SMILES string of the molecule is Cc1nc(Cl)nc(Sc2ccoc2C)c1N. The van der Waals surface area contributed by atoms with E-state index in [0.29, 0.717) is 16.4 Å². The molecule has 0 aromatic carbocycles. The first-order chi connectivity index (χ1) is 7.58. The lowest BCUT2D eigenvalue weighted by molar-refractivity contribution is 0.527. The minimum Gasteiger partial charge on any atom is -0.468 e. The normalized spacial score (nSPS) is 10.7. The molecule has 6 heteroatoms. The maximum absolute atomic E-state index is 5.88. The van der Waals surface area contributed by atoms with E-state index < -0.39 is 0 Å². The summed E-state index contributed by atoms with van der Waals surface area (Å²) in [5.74, 6) is 0.830. The van der Waals surface area contributed by atoms with Crippen molar-refractivity contribution >= 4 is 29.1 Å². The second kappa shape index (κ2) is 4.35. The van der Waals surface area contributed by atoms with E-state index in [0.717, 1.165) is 10.7 Å². The largest absolute Gasteiger partial charge is 0.468 e. The monoisotopic (exact) mass is 255 g/mol. The van der Waals surface area contributed by atoms with E-state index in [1.54, 1.807) is 13.2 Å². The Bertz CT molecular complexity index is 527. The van der Waals surface area contributed by atoms with E-state index >= 15 is 0 Å². The maximum atomic E-state index is 5.88. The molecule has 2 N–H and O–H groups in total. The average molecular weight is 256 g/mol. The molecular formula is C10H10ClN3OS. The van der Waals surface area contributed by atoms with Gasteiger partial charge in [0.15, 0.2) is 0 Å². The van der Waals surface area contributed by atoms with Crippen molar-refractivity contribution in [1.82, 2.24) is 9.97 Å². The highest BCUT2D eigenvalue weighted by Gasteiger charge is 2.11. The van der Waals surface area contributed by atoms with Crippen molar-refractivity contribution < 1.29 is 4.42 Å². The molecule has 2 rings (SSSR count). The van der Waals surface area contributed by atoms with Crippen LogP contribution in [0.3, 0.4) is 0 Å². The van der Waals surface area contributed by atoms with Gasteiger partial charge in [-0.15, -0.1) is 0 Å². The molecule has 0 bridgehead atoms. The lowest BCUT2D eigenvalue weighted by Crippen LogP contribution is -1.99. The molecule has 2 heterocycles. The molecule has 2 aromatic heterocycles. The standard InChI is InChI=1S/C10H10ClN3OS/c1-5-8(12)9(14-10(11)13-5)16-7-3-4-15-6(7)2/h3-4H,12H2,1-2H3. The van der Waals surface area contributed by atoms with Gasteiger partial charge in [0, 0.05) is 0 Å². The maximum Gasteiger partial charge on any atom is 0.223 e. The number of nitrogens with zero attached hydrogens (tertiary/aromatic N) is 2. The number of nitrogen functional groups attached to an aromatic ring is 1. The van der Waals surface area contributed by atoms with Gasteiger partial charge in [-0.05, 0) is 31.5 Å². The third kappa shape index (κ3) is 2.15. The third-order valence-electron chi connectivity index (χ3n) is 2.09. The Labute approximate surface area is 102 Å². The van der Waals surface area contributed by atoms with Gasteiger partial charge in [-0.3, -0.25) is 0 Å². The Morgan fingerprint density at radius 2 is 2.12 bits per heavy atom. The van der Waals surface area contributed by atoms with E-state index in [4.69, 9.17) is 21.8 Å². The van der Waals surface area contributed by atoms with Crippen LogP contribution in [0.15, 0.2) is 26.7 Å². The predicted octanol–water partition coefficient (Wildman–Crippen LogP) is 3.07. The Morgan fingerprint density at radius 1 is 1.38 bits per heavy atom. The summed E-state index contributed by atoms with van der Waals surface area (Å²) >= 11 is 7.21. The summed E-state index contributed by atoms with van der Waals surface area (Å²) in [4.78, 5) is 9.05. The molecule has 16 heavy (non-hydrogen) atoms. The van der Waals surface area contributed by atoms with Crippen LogP contribution in [0, 0.1) is 13.8 Å². The molecule has 4 nitrogen and oxygen atoms in total. The molecule has 0 amide bonds. The fourth-order valence-corrected chi connectivity index (χ4v) is 2.36. The van der Waals surface area contributed by atoms with Gasteiger partial charge in [-0.2, -0.15) is 0 Å². The molecule has 0 spiro atoms. The third-order valence-corrected chi connectivity index (χ3v) is 3.41. The molecule has 0 fully saturated rings. The predicted molar refractivity (Wildman–Crippen MR) is 63.8 cm³/mol. The molecule has 84 valence electrons. The molecule has 0 aliphatic heterocycles. The Kier molecular flexibility index (Phi) is 3.07. The minimum atomic E-state index is 0.204. The van der Waals surface area contributed by atoms with Gasteiger partial charge in [0.1, 0.15) is 10.8 Å². The summed E-state index contributed by atoms with van der Waals surface area (Å²) in [6.07, 6.45) is 1.63. The van der Waals surface area contributed by atoms with Gasteiger partial charge in [-0.1, -0.05) is 11.8 Å². The second-order valence-electron chi connectivity index (χ2n) is 3.24. The average Bonchev–Trinajstić information content (AvgIpc) is 2.60. The number of aromatic nitrogens is 2. The molecular weight excluding hydrogens is 246 g/mol. The fraction of sp³-hybridized carbons (Fsp3) is 0.200. The van der Waals surface area contributed by atoms with Crippen molar-refractivity contribution in [1.29, 1.82) is 0 Å². The van der Waals surface area contributed by atoms with Crippen LogP contribution >= 0.6 is 23.4 Å². The Morgan fingerprint density at radius 3 is 2.75 bits per heavy atom. The molecule has 0 radical (unpaired) electrons. The number of furan rings is 1. The lowest BCUT2D eigenvalue weighted by atomic mass is 10.4. The summed E-state index contributed by atoms with van der Waals surface area (Å²) in [5, 5.41) is 0.859. The van der Waals surface area contributed by atoms with E-state index in [2.05, 4.69) is 9.97 Å². The van der Waals surface area contributed by atoms with E-state index in [1.807, 2.05) is 13.0 Å². The van der Waals surface area contributed by atoms with Crippen LogP contribution in [0.25, 0.3) is 0 Å². The highest BCUT2D eigenvalue weighted by molar-refractivity contribution is 7.99. The van der Waals surface area contributed by atoms with Gasteiger partial charge >= 0.3 is 0 Å². The first-order valence-electron chi connectivity index (χ1n) is 4.59. The zero-order chi connectivity index (χ0) is 11.7. The number of hydrogen-bond acceptors (Lipinski definition) is 5. The molecule has 0 aliphatic rings. The zero-order valence-corrected chi connectivity index (χ0v) is 10.4. The van der Waals surface area contributed by atoms with Gasteiger partial charge in [-0.25, -0.2) is 9.97 Å². The number of nitrogens with two attached hydrogens (primary N) is 1. The van der Waals surface area contributed by atoms with Gasteiger partial charge < -0.3 is 10.2 Å². The molecule has 0 saturated carbocycles. The molecule has 0 unspecified atom stereocenters. The van der Waals surface area contributed by atoms with Crippen LogP contribution in [0.1, 0.15) is 11.5 Å². The quantitative estimate of drug-likeness (QED) is 0.660. The van der Waals surface area contributed by atoms with Crippen molar-refractivity contribution in [3.05, 3.63) is 29.1 Å². The van der Waals surface area contributed by atoms with E-state index in [-0.39, 0.29) is 5.28 Å². The molecule has 0 aliphatic carbocycles. The van der Waals surface area contributed by atoms with Gasteiger partial charge in [0.05, 0.1) is 22.5 Å². The molecule has 0 atom stereocenters. The summed E-state index contributed by atoms with van der Waals surface area (Å²) in [6, 6.07) is 1.87. The van der Waals surface area contributed by atoms with Crippen molar-refractivity contribution in [2.24, 2.45) is 0 Å². The summed E-state index contributed by atoms with van der Waals surface area (Å²) < 4.78 is 5.20. The summed E-state index contributed by atoms with van der Waals surface area (Å²) in [6.45, 7) is 3.68. The number of hydrogen-bond donors (Lipinski definition) is 1. The van der Waals surface area contributed by atoms with Crippen molar-refractivity contribution in [3.63, 3.8) is 0 Å². The molecule has 2 aromatic rings. The van der Waals surface area contributed by atoms with E-state index in [9.17, 15) is 0 Å². The second-order valence-corrected chi connectivity index (χ2v) is 4.61. The highest BCUT2D eigenvalue weighted by atomic mass is 35.5. The first kappa shape index (κ1) is 11.3. The van der Waals surface area contributed by atoms with Crippen LogP contribution < -0.4 is 5.73 Å². The topological polar surface area (TPSA) is 64.9 Å². The summed E-state index contributed by atoms with van der Waals surface area (Å²) in [7, 11) is 0. The van der Waals surface area contributed by atoms with Gasteiger partial charge in [0.2, 0.25) is 5.28 Å². The number of aryl methyl sites for hydroxylation is 2. The lowest BCUT2D eigenvalue weighted by Gasteiger charge is -2.06.